The van der Waals surface area contributed by atoms with E-state index in [0.717, 1.165) is 30.7 Å². The van der Waals surface area contributed by atoms with Crippen LogP contribution >= 0.6 is 0 Å². The van der Waals surface area contributed by atoms with Gasteiger partial charge in [0.05, 0.1) is 12.8 Å². The van der Waals surface area contributed by atoms with E-state index in [4.69, 9.17) is 4.42 Å². The number of hydrogen-bond acceptors (Lipinski definition) is 2. The molecule has 2 rings (SSSR count). The van der Waals surface area contributed by atoms with Crippen LogP contribution < -0.4 is 5.32 Å². The largest absolute Gasteiger partial charge is 0.468 e. The van der Waals surface area contributed by atoms with E-state index < -0.39 is 0 Å². The van der Waals surface area contributed by atoms with Crippen molar-refractivity contribution in [1.29, 1.82) is 0 Å². The Morgan fingerprint density at radius 3 is 2.88 bits per heavy atom. The standard InChI is InChI=1S/C15H23NO/c1-11-7-12(2)15(13(3)8-11)10-16-9-14-5-4-6-17-14/h4-7,12-13,15-16H,8-10H2,1-3H3/t12-,13+,15+/m1/s1. The van der Waals surface area contributed by atoms with E-state index in [1.807, 2.05) is 12.1 Å². The van der Waals surface area contributed by atoms with Crippen LogP contribution in [0.3, 0.4) is 0 Å². The van der Waals surface area contributed by atoms with Crippen LogP contribution in [0.25, 0.3) is 0 Å². The van der Waals surface area contributed by atoms with Crippen molar-refractivity contribution in [2.75, 3.05) is 6.54 Å². The first-order chi connectivity index (χ1) is 8.16. The number of furan rings is 1. The molecule has 1 heterocycles. The highest BCUT2D eigenvalue weighted by Gasteiger charge is 2.26. The fourth-order valence-corrected chi connectivity index (χ4v) is 2.98. The summed E-state index contributed by atoms with van der Waals surface area (Å²) in [6.07, 6.45) is 5.41. The minimum atomic E-state index is 0.683. The third kappa shape index (κ3) is 3.22. The van der Waals surface area contributed by atoms with Crippen molar-refractivity contribution in [2.45, 2.75) is 33.7 Å². The maximum atomic E-state index is 5.32. The zero-order valence-electron chi connectivity index (χ0n) is 11.1. The van der Waals surface area contributed by atoms with Gasteiger partial charge in [-0.2, -0.15) is 0 Å². The summed E-state index contributed by atoms with van der Waals surface area (Å²) in [5.41, 5.74) is 1.55. The Labute approximate surface area is 104 Å². The average molecular weight is 233 g/mol. The predicted molar refractivity (Wildman–Crippen MR) is 70.6 cm³/mol. The summed E-state index contributed by atoms with van der Waals surface area (Å²) in [4.78, 5) is 0. The van der Waals surface area contributed by atoms with Gasteiger partial charge in [-0.3, -0.25) is 0 Å². The Balaban J connectivity index is 1.82. The molecule has 2 nitrogen and oxygen atoms in total. The van der Waals surface area contributed by atoms with Crippen LogP contribution in [-0.4, -0.2) is 6.54 Å². The Kier molecular flexibility index (Phi) is 4.06. The molecule has 1 aromatic rings. The predicted octanol–water partition coefficient (Wildman–Crippen LogP) is 3.61. The first-order valence-corrected chi connectivity index (χ1v) is 6.57. The van der Waals surface area contributed by atoms with Crippen LogP contribution in [0.1, 0.15) is 33.0 Å². The lowest BCUT2D eigenvalue weighted by molar-refractivity contribution is 0.258. The minimum Gasteiger partial charge on any atom is -0.468 e. The summed E-state index contributed by atoms with van der Waals surface area (Å²) in [6.45, 7) is 8.86. The van der Waals surface area contributed by atoms with Crippen molar-refractivity contribution in [3.8, 4) is 0 Å². The number of allylic oxidation sites excluding steroid dienone is 2. The van der Waals surface area contributed by atoms with Gasteiger partial charge in [-0.15, -0.1) is 0 Å². The quantitative estimate of drug-likeness (QED) is 0.804. The SMILES string of the molecule is CC1=C[C@@H](C)[C@H](CNCc2ccco2)[C@@H](C)C1. The van der Waals surface area contributed by atoms with E-state index in [1.54, 1.807) is 11.8 Å². The Bertz CT molecular complexity index is 366. The van der Waals surface area contributed by atoms with Gasteiger partial charge in [-0.25, -0.2) is 0 Å². The molecule has 0 saturated carbocycles. The number of hydrogen-bond donors (Lipinski definition) is 1. The van der Waals surface area contributed by atoms with Crippen LogP contribution in [-0.2, 0) is 6.54 Å². The topological polar surface area (TPSA) is 25.2 Å². The van der Waals surface area contributed by atoms with Crippen molar-refractivity contribution < 1.29 is 4.42 Å². The molecule has 0 aromatic carbocycles. The zero-order valence-corrected chi connectivity index (χ0v) is 11.1. The molecule has 0 radical (unpaired) electrons. The molecule has 0 saturated heterocycles. The monoisotopic (exact) mass is 233 g/mol. The average Bonchev–Trinajstić information content (AvgIpc) is 2.74. The van der Waals surface area contributed by atoms with Crippen molar-refractivity contribution in [1.82, 2.24) is 5.32 Å². The maximum absolute atomic E-state index is 5.32. The van der Waals surface area contributed by atoms with Gasteiger partial charge in [0.15, 0.2) is 0 Å². The molecule has 3 atom stereocenters. The molecule has 2 heteroatoms. The van der Waals surface area contributed by atoms with Gasteiger partial charge in [-0.05, 0) is 49.8 Å². The molecule has 1 N–H and O–H groups in total. The summed E-state index contributed by atoms with van der Waals surface area (Å²) < 4.78 is 5.32. The van der Waals surface area contributed by atoms with Crippen LogP contribution in [0.5, 0.6) is 0 Å². The Morgan fingerprint density at radius 2 is 2.24 bits per heavy atom. The van der Waals surface area contributed by atoms with Crippen molar-refractivity contribution >= 4 is 0 Å². The first kappa shape index (κ1) is 12.4. The van der Waals surface area contributed by atoms with Gasteiger partial charge in [0.1, 0.15) is 5.76 Å². The van der Waals surface area contributed by atoms with E-state index in [9.17, 15) is 0 Å². The summed E-state index contributed by atoms with van der Waals surface area (Å²) in [5, 5.41) is 3.51. The third-order valence-electron chi connectivity index (χ3n) is 3.86. The summed E-state index contributed by atoms with van der Waals surface area (Å²) in [6, 6.07) is 3.96. The molecular weight excluding hydrogens is 210 g/mol. The normalized spacial score (nSPS) is 29.1. The highest BCUT2D eigenvalue weighted by Crippen LogP contribution is 2.32. The second kappa shape index (κ2) is 5.54. The van der Waals surface area contributed by atoms with Gasteiger partial charge in [-0.1, -0.05) is 25.5 Å². The van der Waals surface area contributed by atoms with Gasteiger partial charge in [0.25, 0.3) is 0 Å². The smallest absolute Gasteiger partial charge is 0.117 e. The highest BCUT2D eigenvalue weighted by atomic mass is 16.3. The molecule has 0 bridgehead atoms. The molecule has 17 heavy (non-hydrogen) atoms. The molecular formula is C15H23NO. The van der Waals surface area contributed by atoms with E-state index in [-0.39, 0.29) is 0 Å². The maximum Gasteiger partial charge on any atom is 0.117 e. The lowest BCUT2D eigenvalue weighted by Crippen LogP contribution is -2.33. The lowest BCUT2D eigenvalue weighted by Gasteiger charge is -2.33. The molecule has 0 aliphatic heterocycles. The fourth-order valence-electron chi connectivity index (χ4n) is 2.98. The van der Waals surface area contributed by atoms with Crippen molar-refractivity contribution in [3.05, 3.63) is 35.8 Å². The van der Waals surface area contributed by atoms with Crippen LogP contribution in [0.15, 0.2) is 34.5 Å². The Hall–Kier alpha value is -1.02. The van der Waals surface area contributed by atoms with E-state index in [0.29, 0.717) is 5.92 Å². The highest BCUT2D eigenvalue weighted by molar-refractivity contribution is 5.08. The molecule has 0 amide bonds. The Morgan fingerprint density at radius 1 is 1.41 bits per heavy atom. The number of rotatable bonds is 4. The van der Waals surface area contributed by atoms with E-state index in [2.05, 4.69) is 32.2 Å². The van der Waals surface area contributed by atoms with E-state index >= 15 is 0 Å². The molecule has 0 spiro atoms. The van der Waals surface area contributed by atoms with Crippen LogP contribution in [0.2, 0.25) is 0 Å². The van der Waals surface area contributed by atoms with Crippen molar-refractivity contribution in [2.24, 2.45) is 17.8 Å². The van der Waals surface area contributed by atoms with Crippen LogP contribution in [0, 0.1) is 17.8 Å². The minimum absolute atomic E-state index is 0.683. The second-order valence-corrected chi connectivity index (χ2v) is 5.43. The molecule has 0 fully saturated rings. The van der Waals surface area contributed by atoms with Gasteiger partial charge in [0.2, 0.25) is 0 Å². The fraction of sp³-hybridized carbons (Fsp3) is 0.600. The summed E-state index contributed by atoms with van der Waals surface area (Å²) >= 11 is 0. The van der Waals surface area contributed by atoms with Crippen molar-refractivity contribution in [3.63, 3.8) is 0 Å². The lowest BCUT2D eigenvalue weighted by atomic mass is 9.75. The summed E-state index contributed by atoms with van der Waals surface area (Å²) in [7, 11) is 0. The summed E-state index contributed by atoms with van der Waals surface area (Å²) in [5.74, 6) is 3.23. The number of nitrogens with one attached hydrogen (secondary N) is 1. The zero-order chi connectivity index (χ0) is 12.3. The van der Waals surface area contributed by atoms with Crippen LogP contribution in [0.4, 0.5) is 0 Å². The first-order valence-electron chi connectivity index (χ1n) is 6.57. The molecule has 94 valence electrons. The van der Waals surface area contributed by atoms with Gasteiger partial charge >= 0.3 is 0 Å². The molecule has 1 aliphatic carbocycles. The molecule has 1 aliphatic rings. The van der Waals surface area contributed by atoms with Gasteiger partial charge in [0, 0.05) is 0 Å². The third-order valence-corrected chi connectivity index (χ3v) is 3.86. The molecule has 0 unspecified atom stereocenters. The van der Waals surface area contributed by atoms with Gasteiger partial charge < -0.3 is 9.73 Å². The second-order valence-electron chi connectivity index (χ2n) is 5.43. The molecule has 1 aromatic heterocycles. The van der Waals surface area contributed by atoms with E-state index in [1.165, 1.54) is 6.42 Å².